The number of carbonyl (C=O) groups excluding carboxylic acids is 3. The van der Waals surface area contributed by atoms with Crippen molar-refractivity contribution < 1.29 is 41.8 Å². The van der Waals surface area contributed by atoms with Gasteiger partial charge in [-0.05, 0) is 121 Å². The second kappa shape index (κ2) is 17.3. The first-order valence-electron chi connectivity index (χ1n) is 18.8. The second-order valence-corrected chi connectivity index (χ2v) is 15.2. The predicted octanol–water partition coefficient (Wildman–Crippen LogP) is 6.25. The van der Waals surface area contributed by atoms with Crippen LogP contribution in [0.15, 0.2) is 71.7 Å². The Labute approximate surface area is 325 Å². The van der Waals surface area contributed by atoms with Gasteiger partial charge in [0.15, 0.2) is 0 Å². The third-order valence-electron chi connectivity index (χ3n) is 9.65. The summed E-state index contributed by atoms with van der Waals surface area (Å²) >= 11 is 0. The molecule has 56 heavy (non-hydrogen) atoms. The van der Waals surface area contributed by atoms with Gasteiger partial charge in [0.2, 0.25) is 0 Å². The van der Waals surface area contributed by atoms with Crippen LogP contribution in [0.3, 0.4) is 0 Å². The molecule has 15 heteroatoms. The van der Waals surface area contributed by atoms with Crippen molar-refractivity contribution in [3.63, 3.8) is 0 Å². The largest absolute Gasteiger partial charge is 0.493 e. The van der Waals surface area contributed by atoms with Crippen molar-refractivity contribution in [2.24, 2.45) is 9.98 Å². The molecule has 0 unspecified atom stereocenters. The van der Waals surface area contributed by atoms with Crippen LogP contribution in [0.1, 0.15) is 81.5 Å². The number of rotatable bonds is 10. The Bertz CT molecular complexity index is 1870. The maximum Gasteiger partial charge on any atom is 0.416 e. The lowest BCUT2D eigenvalue weighted by Crippen LogP contribution is -2.51. The smallest absolute Gasteiger partial charge is 0.416 e. The van der Waals surface area contributed by atoms with Crippen LogP contribution in [0.5, 0.6) is 11.5 Å². The summed E-state index contributed by atoms with van der Waals surface area (Å²) in [5.41, 5.74) is -1.06. The van der Waals surface area contributed by atoms with E-state index in [1.807, 2.05) is 52.0 Å². The van der Waals surface area contributed by atoms with Crippen molar-refractivity contribution in [2.75, 3.05) is 39.4 Å². The van der Waals surface area contributed by atoms with Crippen molar-refractivity contribution in [3.05, 3.63) is 84.0 Å². The third-order valence-corrected chi connectivity index (χ3v) is 9.65. The average Bonchev–Trinajstić information content (AvgIpc) is 3.62. The molecule has 0 saturated carbocycles. The van der Waals surface area contributed by atoms with Crippen LogP contribution in [-0.2, 0) is 20.5 Å². The molecule has 6 rings (SSSR count). The van der Waals surface area contributed by atoms with Gasteiger partial charge in [0.05, 0.1) is 18.8 Å². The fraction of sp³-hybridized carbons (Fsp3) is 0.488. The number of aliphatic imine (C=N–C) groups is 2. The van der Waals surface area contributed by atoms with Crippen molar-refractivity contribution >= 4 is 29.6 Å². The number of amides is 3. The average molecular weight is 781 g/mol. The zero-order valence-corrected chi connectivity index (χ0v) is 32.4. The van der Waals surface area contributed by atoms with Gasteiger partial charge in [0, 0.05) is 24.2 Å². The summed E-state index contributed by atoms with van der Waals surface area (Å²) < 4.78 is 56.3. The number of hydrogen-bond acceptors (Lipinski definition) is 9. The van der Waals surface area contributed by atoms with E-state index in [1.165, 1.54) is 6.07 Å². The number of aryl methyl sites for hydroxylation is 1. The molecule has 4 aliphatic heterocycles. The monoisotopic (exact) mass is 780 g/mol. The van der Waals surface area contributed by atoms with Gasteiger partial charge in [-0.1, -0.05) is 12.2 Å². The van der Waals surface area contributed by atoms with E-state index in [2.05, 4.69) is 34.1 Å². The molecular formula is C41H51F3N6O6. The van der Waals surface area contributed by atoms with Crippen LogP contribution < -0.4 is 25.4 Å². The molecule has 0 aromatic heterocycles. The molecule has 0 radical (unpaired) electrons. The molecule has 2 saturated heterocycles. The molecule has 0 aliphatic carbocycles. The minimum atomic E-state index is -4.53. The highest BCUT2D eigenvalue weighted by molar-refractivity contribution is 6.16. The van der Waals surface area contributed by atoms with Crippen LogP contribution in [0.4, 0.5) is 18.0 Å². The minimum absolute atomic E-state index is 0.0832. The Kier molecular flexibility index (Phi) is 13.0. The lowest BCUT2D eigenvalue weighted by atomic mass is 9.88. The Morgan fingerprint density at radius 1 is 0.804 bits per heavy atom. The van der Waals surface area contributed by atoms with Crippen LogP contribution >= 0.6 is 0 Å². The van der Waals surface area contributed by atoms with Gasteiger partial charge < -0.3 is 35.1 Å². The molecule has 0 atom stereocenters. The fourth-order valence-electron chi connectivity index (χ4n) is 6.68. The molecule has 3 amide bonds. The maximum absolute atomic E-state index is 13.2. The molecule has 2 fully saturated rings. The maximum atomic E-state index is 13.2. The van der Waals surface area contributed by atoms with Gasteiger partial charge >= 0.3 is 12.3 Å². The molecule has 2 spiro atoms. The molecule has 12 nitrogen and oxygen atoms in total. The van der Waals surface area contributed by atoms with E-state index >= 15 is 0 Å². The lowest BCUT2D eigenvalue weighted by Gasteiger charge is -2.36. The van der Waals surface area contributed by atoms with Crippen molar-refractivity contribution in [2.45, 2.75) is 89.1 Å². The molecular weight excluding hydrogens is 729 g/mol. The van der Waals surface area contributed by atoms with Crippen LogP contribution in [0, 0.1) is 6.92 Å². The highest BCUT2D eigenvalue weighted by Gasteiger charge is 2.47. The summed E-state index contributed by atoms with van der Waals surface area (Å²) in [5, 5.41) is 8.74. The van der Waals surface area contributed by atoms with Crippen LogP contribution in [-0.4, -0.2) is 90.6 Å². The Hall–Kier alpha value is -5.18. The summed E-state index contributed by atoms with van der Waals surface area (Å²) in [5.74, 6) is 1.17. The zero-order valence-electron chi connectivity index (χ0n) is 32.4. The topological polar surface area (TPSA) is 143 Å². The summed E-state index contributed by atoms with van der Waals surface area (Å²) in [6.07, 6.45) is 1.81. The van der Waals surface area contributed by atoms with Gasteiger partial charge in [-0.25, -0.2) is 4.79 Å². The highest BCUT2D eigenvalue weighted by atomic mass is 19.4. The number of halogens is 3. The van der Waals surface area contributed by atoms with E-state index in [9.17, 15) is 27.6 Å². The normalized spacial score (nSPS) is 18.6. The number of likely N-dealkylation sites (tertiary alicyclic amines) is 1. The highest BCUT2D eigenvalue weighted by Crippen LogP contribution is 2.35. The standard InChI is InChI=1S/C23H31N3O4.C18H20F3N3O2/c1-6-7-12-29-18-14-16(2)13-17(15-18)19-24-20(27)23(25-19)8-10-26(11-9-23)21(28)30-22(3,4)5;1-2-3-8-26-14-10-12(9-13(11-14)18(19,20)21)15-23-16(25)17(24-15)4-6-22-7-5-17/h6,13-15H,1,7-12H2,2-5H3,(H,24,25,27);2,9-11,22H,1,3-8H2,(H,23,24,25). The number of carbonyl (C=O) groups is 3. The summed E-state index contributed by atoms with van der Waals surface area (Å²) in [4.78, 5) is 48.4. The molecule has 4 heterocycles. The number of alkyl halides is 3. The molecule has 0 bridgehead atoms. The summed E-state index contributed by atoms with van der Waals surface area (Å²) in [7, 11) is 0. The first-order chi connectivity index (χ1) is 26.5. The summed E-state index contributed by atoms with van der Waals surface area (Å²) in [6.45, 7) is 17.7. The number of nitrogens with zero attached hydrogens (tertiary/aromatic N) is 3. The van der Waals surface area contributed by atoms with Gasteiger partial charge in [-0.2, -0.15) is 13.2 Å². The van der Waals surface area contributed by atoms with E-state index in [0.29, 0.717) is 70.7 Å². The van der Waals surface area contributed by atoms with Gasteiger partial charge in [0.25, 0.3) is 11.8 Å². The number of ether oxygens (including phenoxy) is 3. The van der Waals surface area contributed by atoms with Gasteiger partial charge in [-0.15, -0.1) is 13.2 Å². The number of nitrogens with one attached hydrogen (secondary N) is 3. The first-order valence-corrected chi connectivity index (χ1v) is 18.8. The number of amidine groups is 2. The van der Waals surface area contributed by atoms with E-state index in [0.717, 1.165) is 35.4 Å². The van der Waals surface area contributed by atoms with E-state index in [4.69, 9.17) is 19.2 Å². The molecule has 2 aromatic carbocycles. The van der Waals surface area contributed by atoms with Crippen LogP contribution in [0.2, 0.25) is 0 Å². The zero-order chi connectivity index (χ0) is 40.7. The van der Waals surface area contributed by atoms with Crippen molar-refractivity contribution in [1.82, 2.24) is 20.9 Å². The van der Waals surface area contributed by atoms with E-state index < -0.39 is 28.4 Å². The SMILES string of the molecule is C=CCCOc1cc(C)cc(C2=NC3(CCN(C(=O)OC(C)(C)C)CC3)C(=O)N2)c1.C=CCCOc1cc(C2=NC3(CCNCC3)C(=O)N2)cc(C(F)(F)F)c1. The van der Waals surface area contributed by atoms with Gasteiger partial charge in [-0.3, -0.25) is 19.6 Å². The van der Waals surface area contributed by atoms with E-state index in [-0.39, 0.29) is 41.7 Å². The van der Waals surface area contributed by atoms with Crippen molar-refractivity contribution in [1.29, 1.82) is 0 Å². The second-order valence-electron chi connectivity index (χ2n) is 15.2. The van der Waals surface area contributed by atoms with E-state index in [1.54, 1.807) is 11.0 Å². The number of hydrogen-bond donors (Lipinski definition) is 3. The first kappa shape index (κ1) is 42.0. The molecule has 3 N–H and O–H groups in total. The lowest BCUT2D eigenvalue weighted by molar-refractivity contribution is -0.137. The fourth-order valence-corrected chi connectivity index (χ4v) is 6.68. The molecule has 2 aromatic rings. The summed E-state index contributed by atoms with van der Waals surface area (Å²) in [6, 6.07) is 9.23. The third kappa shape index (κ3) is 10.4. The molecule has 4 aliphatic rings. The Balaban J connectivity index is 0.000000216. The Morgan fingerprint density at radius 3 is 1.80 bits per heavy atom. The number of benzene rings is 2. The minimum Gasteiger partial charge on any atom is -0.493 e. The predicted molar refractivity (Wildman–Crippen MR) is 207 cm³/mol. The van der Waals surface area contributed by atoms with Crippen LogP contribution in [0.25, 0.3) is 0 Å². The van der Waals surface area contributed by atoms with Crippen molar-refractivity contribution in [3.8, 4) is 11.5 Å². The quantitative estimate of drug-likeness (QED) is 0.191. The number of piperidine rings is 2. The molecule has 302 valence electrons. The van der Waals surface area contributed by atoms with Gasteiger partial charge in [0.1, 0.15) is 39.8 Å². The Morgan fingerprint density at radius 2 is 1.30 bits per heavy atom.